The van der Waals surface area contributed by atoms with E-state index < -0.39 is 0 Å². The Hall–Kier alpha value is -1.00. The molecule has 140 valence electrons. The number of hydrogen-bond acceptors (Lipinski definition) is 4. The number of methoxy groups -OCH3 is 1. The first-order chi connectivity index (χ1) is 11.1. The molecule has 1 fully saturated rings. The van der Waals surface area contributed by atoms with Gasteiger partial charge in [0, 0.05) is 23.2 Å². The molecule has 0 aliphatic carbocycles. The third-order valence-corrected chi connectivity index (χ3v) is 4.63. The molecule has 0 aromatic carbocycles. The molecule has 1 heterocycles. The third-order valence-electron chi connectivity index (χ3n) is 4.63. The van der Waals surface area contributed by atoms with Crippen LogP contribution in [0.3, 0.4) is 0 Å². The predicted octanol–water partition coefficient (Wildman–Crippen LogP) is 4.15. The fraction of sp³-hybridized carbons (Fsp3) is 0.800. The monoisotopic (exact) mass is 338 g/mol. The molecule has 24 heavy (non-hydrogen) atoms. The van der Waals surface area contributed by atoms with Crippen LogP contribution in [0, 0.1) is 11.3 Å². The fourth-order valence-electron chi connectivity index (χ4n) is 3.07. The summed E-state index contributed by atoms with van der Waals surface area (Å²) in [5, 5.41) is 3.21. The summed E-state index contributed by atoms with van der Waals surface area (Å²) in [6, 6.07) is 0. The van der Waals surface area contributed by atoms with Gasteiger partial charge in [-0.3, -0.25) is 4.90 Å². The molecule has 0 aromatic rings. The van der Waals surface area contributed by atoms with Crippen LogP contribution in [0.2, 0.25) is 0 Å². The lowest BCUT2D eigenvalue weighted by Gasteiger charge is -2.42. The Kier molecular flexibility index (Phi) is 7.81. The highest BCUT2D eigenvalue weighted by Crippen LogP contribution is 2.26. The Morgan fingerprint density at radius 3 is 2.50 bits per heavy atom. The van der Waals surface area contributed by atoms with Crippen LogP contribution in [0.4, 0.5) is 0 Å². The highest BCUT2D eigenvalue weighted by Gasteiger charge is 2.30. The second-order valence-corrected chi connectivity index (χ2v) is 8.66. The van der Waals surface area contributed by atoms with Crippen LogP contribution >= 0.6 is 0 Å². The van der Waals surface area contributed by atoms with Crippen LogP contribution in [0.25, 0.3) is 0 Å². The van der Waals surface area contributed by atoms with Gasteiger partial charge in [0.25, 0.3) is 0 Å². The number of allylic oxidation sites excluding steroid dienone is 2. The van der Waals surface area contributed by atoms with Gasteiger partial charge in [0.1, 0.15) is 12.5 Å². The molecule has 1 aliphatic rings. The van der Waals surface area contributed by atoms with E-state index in [1.54, 1.807) is 7.11 Å². The van der Waals surface area contributed by atoms with Gasteiger partial charge in [-0.05, 0) is 45.2 Å². The van der Waals surface area contributed by atoms with Gasteiger partial charge in [0.2, 0.25) is 0 Å². The Morgan fingerprint density at radius 1 is 1.29 bits per heavy atom. The Bertz CT molecular complexity index is 435. The first-order valence-corrected chi connectivity index (χ1v) is 9.08. The van der Waals surface area contributed by atoms with Gasteiger partial charge in [-0.2, -0.15) is 0 Å². The number of ether oxygens (including phenoxy) is 2. The lowest BCUT2D eigenvalue weighted by molar-refractivity contribution is -0.0102. The van der Waals surface area contributed by atoms with Crippen molar-refractivity contribution < 1.29 is 9.47 Å². The first kappa shape index (κ1) is 21.0. The van der Waals surface area contributed by atoms with E-state index in [1.807, 2.05) is 6.08 Å². The van der Waals surface area contributed by atoms with Crippen LogP contribution < -0.4 is 5.32 Å². The lowest BCUT2D eigenvalue weighted by atomic mass is 9.93. The smallest absolute Gasteiger partial charge is 0.116 e. The summed E-state index contributed by atoms with van der Waals surface area (Å²) in [6.07, 6.45) is 4.58. The topological polar surface area (TPSA) is 33.7 Å². The Morgan fingerprint density at radius 2 is 1.96 bits per heavy atom. The Balaban J connectivity index is 2.39. The summed E-state index contributed by atoms with van der Waals surface area (Å²) < 4.78 is 11.3. The highest BCUT2D eigenvalue weighted by molar-refractivity contribution is 5.19. The maximum absolute atomic E-state index is 5.87. The number of nitrogens with zero attached hydrogens (tertiary/aromatic N) is 1. The molecular formula is C20H38N2O2. The van der Waals surface area contributed by atoms with Gasteiger partial charge in [-0.1, -0.05) is 34.3 Å². The average molecular weight is 339 g/mol. The van der Waals surface area contributed by atoms with Crippen LogP contribution in [0.15, 0.2) is 24.1 Å². The number of piperidine rings is 1. The fourth-order valence-corrected chi connectivity index (χ4v) is 3.07. The van der Waals surface area contributed by atoms with Crippen LogP contribution in [0.1, 0.15) is 54.4 Å². The van der Waals surface area contributed by atoms with Crippen LogP contribution in [0.5, 0.6) is 0 Å². The number of likely N-dealkylation sites (tertiary alicyclic amines) is 1. The van der Waals surface area contributed by atoms with E-state index in [1.165, 1.54) is 25.9 Å². The normalized spacial score (nSPS) is 20.8. The molecule has 0 amide bonds. The van der Waals surface area contributed by atoms with Crippen molar-refractivity contribution in [1.82, 2.24) is 10.2 Å². The van der Waals surface area contributed by atoms with Gasteiger partial charge in [0.15, 0.2) is 0 Å². The van der Waals surface area contributed by atoms with Crippen molar-refractivity contribution in [3.63, 3.8) is 0 Å². The van der Waals surface area contributed by atoms with Crippen molar-refractivity contribution in [1.29, 1.82) is 0 Å². The summed E-state index contributed by atoms with van der Waals surface area (Å²) in [7, 11) is 1.70. The lowest BCUT2D eigenvalue weighted by Crippen LogP contribution is -2.51. The van der Waals surface area contributed by atoms with Crippen molar-refractivity contribution in [3.05, 3.63) is 24.1 Å². The molecule has 1 unspecified atom stereocenters. The minimum atomic E-state index is -0.0345. The molecule has 1 saturated heterocycles. The van der Waals surface area contributed by atoms with E-state index in [4.69, 9.17) is 9.47 Å². The average Bonchev–Trinajstić information content (AvgIpc) is 2.48. The molecule has 0 spiro atoms. The van der Waals surface area contributed by atoms with Gasteiger partial charge in [0.05, 0.1) is 13.7 Å². The molecule has 1 rings (SSSR count). The molecule has 1 N–H and O–H groups in total. The zero-order valence-corrected chi connectivity index (χ0v) is 16.9. The minimum Gasteiger partial charge on any atom is -0.500 e. The van der Waals surface area contributed by atoms with E-state index in [2.05, 4.69) is 58.3 Å². The molecule has 0 saturated carbocycles. The van der Waals surface area contributed by atoms with Crippen LogP contribution in [-0.2, 0) is 9.47 Å². The second-order valence-electron chi connectivity index (χ2n) is 8.66. The molecule has 0 radical (unpaired) electrons. The van der Waals surface area contributed by atoms with E-state index in [-0.39, 0.29) is 11.0 Å². The summed E-state index contributed by atoms with van der Waals surface area (Å²) in [4.78, 5) is 2.55. The van der Waals surface area contributed by atoms with Crippen molar-refractivity contribution in [2.75, 3.05) is 33.5 Å². The minimum absolute atomic E-state index is 0.0345. The van der Waals surface area contributed by atoms with E-state index in [0.717, 1.165) is 17.4 Å². The van der Waals surface area contributed by atoms with Crippen molar-refractivity contribution in [2.45, 2.75) is 59.9 Å². The van der Waals surface area contributed by atoms with Gasteiger partial charge >= 0.3 is 0 Å². The van der Waals surface area contributed by atoms with Gasteiger partial charge in [-0.15, -0.1) is 0 Å². The second kappa shape index (κ2) is 8.91. The zero-order valence-electron chi connectivity index (χ0n) is 16.9. The number of nitrogens with one attached hydrogen (secondary N) is 1. The van der Waals surface area contributed by atoms with E-state index in [9.17, 15) is 0 Å². The summed E-state index contributed by atoms with van der Waals surface area (Å²) in [5.41, 5.74) is 0.843. The largest absolute Gasteiger partial charge is 0.500 e. The molecule has 4 nitrogen and oxygen atoms in total. The molecule has 4 heteroatoms. The number of hydrogen-bond donors (Lipinski definition) is 1. The predicted molar refractivity (Wildman–Crippen MR) is 102 cm³/mol. The van der Waals surface area contributed by atoms with Crippen molar-refractivity contribution >= 4 is 0 Å². The molecule has 0 aromatic heterocycles. The summed E-state index contributed by atoms with van der Waals surface area (Å²) in [6.45, 7) is 20.8. The molecule has 0 bridgehead atoms. The van der Waals surface area contributed by atoms with E-state index >= 15 is 0 Å². The maximum atomic E-state index is 5.87. The standard InChI is InChI=1S/C20H38N2O2/c1-16-10-9-11-22(13-16)20(6,7)14-24-15-21-17(2)12-18(23-8)19(3,4)5/h12,16,21H,2,9-11,13-15H2,1,3-8H3/b18-12-. The van der Waals surface area contributed by atoms with Gasteiger partial charge in [-0.25, -0.2) is 0 Å². The Labute approximate surface area is 149 Å². The highest BCUT2D eigenvalue weighted by atomic mass is 16.5. The number of rotatable bonds is 8. The third kappa shape index (κ3) is 6.86. The van der Waals surface area contributed by atoms with E-state index in [0.29, 0.717) is 13.3 Å². The molecule has 1 atom stereocenters. The summed E-state index contributed by atoms with van der Waals surface area (Å²) >= 11 is 0. The molecule has 1 aliphatic heterocycles. The van der Waals surface area contributed by atoms with Crippen LogP contribution in [-0.4, -0.2) is 44.0 Å². The maximum Gasteiger partial charge on any atom is 0.116 e. The zero-order chi connectivity index (χ0) is 18.4. The van der Waals surface area contributed by atoms with Gasteiger partial charge < -0.3 is 14.8 Å². The quantitative estimate of drug-likeness (QED) is 0.312. The van der Waals surface area contributed by atoms with Crippen molar-refractivity contribution in [2.24, 2.45) is 11.3 Å². The summed E-state index contributed by atoms with van der Waals surface area (Å²) in [5.74, 6) is 1.69. The SMILES string of the molecule is C=C(/C=C(\OC)C(C)(C)C)NCOCC(C)(C)N1CCCC(C)C1. The molecular weight excluding hydrogens is 300 g/mol. The van der Waals surface area contributed by atoms with Crippen molar-refractivity contribution in [3.8, 4) is 0 Å². The first-order valence-electron chi connectivity index (χ1n) is 9.08.